The van der Waals surface area contributed by atoms with E-state index in [0.29, 0.717) is 18.8 Å². The van der Waals surface area contributed by atoms with E-state index < -0.39 is 0 Å². The second kappa shape index (κ2) is 4.00. The van der Waals surface area contributed by atoms with Gasteiger partial charge in [-0.1, -0.05) is 0 Å². The van der Waals surface area contributed by atoms with Gasteiger partial charge in [-0.2, -0.15) is 5.10 Å². The van der Waals surface area contributed by atoms with Crippen molar-refractivity contribution >= 4 is 17.5 Å². The fourth-order valence-electron chi connectivity index (χ4n) is 1.67. The number of hydrogen-bond donors (Lipinski definition) is 1. The maximum atomic E-state index is 11.5. The number of H-pyrrole nitrogens is 1. The monoisotopic (exact) mass is 213 g/mol. The summed E-state index contributed by atoms with van der Waals surface area (Å²) >= 11 is 5.53. The summed E-state index contributed by atoms with van der Waals surface area (Å²) < 4.78 is 0. The highest BCUT2D eigenvalue weighted by Gasteiger charge is 2.20. The number of carbonyl (C=O) groups is 1. The molecule has 0 spiro atoms. The van der Waals surface area contributed by atoms with Crippen LogP contribution in [0.15, 0.2) is 6.20 Å². The highest BCUT2D eigenvalue weighted by atomic mass is 35.5. The molecule has 0 aliphatic carbocycles. The van der Waals surface area contributed by atoms with Gasteiger partial charge in [-0.25, -0.2) is 0 Å². The number of nitrogens with one attached hydrogen (secondary N) is 1. The number of aromatic amines is 1. The van der Waals surface area contributed by atoms with Crippen molar-refractivity contribution in [1.29, 1.82) is 0 Å². The molecule has 76 valence electrons. The summed E-state index contributed by atoms with van der Waals surface area (Å²) in [6.07, 6.45) is 3.08. The van der Waals surface area contributed by atoms with Crippen molar-refractivity contribution in [3.63, 3.8) is 0 Å². The van der Waals surface area contributed by atoms with Gasteiger partial charge in [-0.15, -0.1) is 11.6 Å². The lowest BCUT2D eigenvalue weighted by molar-refractivity contribution is -0.131. The van der Waals surface area contributed by atoms with Gasteiger partial charge in [0.25, 0.3) is 0 Å². The molecule has 1 aromatic heterocycles. The average Bonchev–Trinajstić information content (AvgIpc) is 2.64. The molecule has 4 nitrogen and oxygen atoms in total. The Bertz CT molecular complexity index is 337. The molecule has 1 amide bonds. The molecular weight excluding hydrogens is 202 g/mol. The summed E-state index contributed by atoms with van der Waals surface area (Å²) in [5, 5.41) is 6.89. The zero-order valence-corrected chi connectivity index (χ0v) is 8.55. The first-order valence-electron chi connectivity index (χ1n) is 4.66. The first-order valence-corrected chi connectivity index (χ1v) is 5.19. The van der Waals surface area contributed by atoms with Crippen LogP contribution in [0.25, 0.3) is 0 Å². The molecule has 0 fully saturated rings. The molecule has 2 heterocycles. The van der Waals surface area contributed by atoms with E-state index in [1.54, 1.807) is 6.20 Å². The Kier molecular flexibility index (Phi) is 2.72. The summed E-state index contributed by atoms with van der Waals surface area (Å²) in [6, 6.07) is 0. The van der Waals surface area contributed by atoms with Crippen molar-refractivity contribution in [2.45, 2.75) is 19.4 Å². The summed E-state index contributed by atoms with van der Waals surface area (Å²) in [5.74, 6) is 0.528. The van der Waals surface area contributed by atoms with Gasteiger partial charge in [0, 0.05) is 43.1 Å². The molecule has 0 radical (unpaired) electrons. The molecule has 0 bridgehead atoms. The number of alkyl halides is 1. The van der Waals surface area contributed by atoms with Crippen molar-refractivity contribution < 1.29 is 4.79 Å². The molecule has 0 unspecified atom stereocenters. The summed E-state index contributed by atoms with van der Waals surface area (Å²) in [4.78, 5) is 13.4. The second-order valence-corrected chi connectivity index (χ2v) is 3.76. The third-order valence-electron chi connectivity index (χ3n) is 2.46. The number of nitrogens with zero attached hydrogens (tertiary/aromatic N) is 2. The third-order valence-corrected chi connectivity index (χ3v) is 2.65. The third kappa shape index (κ3) is 1.75. The number of carbonyl (C=O) groups excluding carboxylic acids is 1. The van der Waals surface area contributed by atoms with E-state index in [9.17, 15) is 4.79 Å². The number of fused-ring (bicyclic) bond motifs is 1. The van der Waals surface area contributed by atoms with Crippen LogP contribution >= 0.6 is 11.6 Å². The lowest BCUT2D eigenvalue weighted by Gasteiger charge is -2.26. The molecule has 1 aliphatic heterocycles. The fraction of sp³-hybridized carbons (Fsp3) is 0.556. The molecular formula is C9H12ClN3O. The Morgan fingerprint density at radius 3 is 3.36 bits per heavy atom. The number of hydrogen-bond acceptors (Lipinski definition) is 2. The van der Waals surface area contributed by atoms with E-state index in [4.69, 9.17) is 11.6 Å². The smallest absolute Gasteiger partial charge is 0.224 e. The van der Waals surface area contributed by atoms with Crippen molar-refractivity contribution in [3.8, 4) is 0 Å². The van der Waals surface area contributed by atoms with Crippen LogP contribution in [-0.4, -0.2) is 33.4 Å². The van der Waals surface area contributed by atoms with Crippen molar-refractivity contribution in [1.82, 2.24) is 15.1 Å². The Hall–Kier alpha value is -1.03. The van der Waals surface area contributed by atoms with Gasteiger partial charge in [-0.05, 0) is 0 Å². The number of amides is 1. The zero-order chi connectivity index (χ0) is 9.97. The molecule has 0 saturated heterocycles. The lowest BCUT2D eigenvalue weighted by Crippen LogP contribution is -2.35. The minimum absolute atomic E-state index is 0.131. The van der Waals surface area contributed by atoms with Crippen LogP contribution in [-0.2, 0) is 17.8 Å². The van der Waals surface area contributed by atoms with Gasteiger partial charge in [-0.3, -0.25) is 9.89 Å². The van der Waals surface area contributed by atoms with E-state index >= 15 is 0 Å². The van der Waals surface area contributed by atoms with Gasteiger partial charge < -0.3 is 4.90 Å². The SMILES string of the molecule is O=C(CCCl)N1CCc2[nH]ncc2C1. The molecule has 0 atom stereocenters. The molecule has 0 saturated carbocycles. The molecule has 1 aliphatic rings. The van der Waals surface area contributed by atoms with Crippen LogP contribution < -0.4 is 0 Å². The minimum Gasteiger partial charge on any atom is -0.338 e. The lowest BCUT2D eigenvalue weighted by atomic mass is 10.1. The van der Waals surface area contributed by atoms with Gasteiger partial charge in [0.15, 0.2) is 0 Å². The van der Waals surface area contributed by atoms with Crippen molar-refractivity contribution in [2.24, 2.45) is 0 Å². The molecule has 0 aromatic carbocycles. The topological polar surface area (TPSA) is 49.0 Å². The molecule has 5 heteroatoms. The minimum atomic E-state index is 0.131. The van der Waals surface area contributed by atoms with Crippen LogP contribution in [0.2, 0.25) is 0 Å². The van der Waals surface area contributed by atoms with Gasteiger partial charge in [0.1, 0.15) is 0 Å². The van der Waals surface area contributed by atoms with E-state index in [2.05, 4.69) is 10.2 Å². The highest BCUT2D eigenvalue weighted by Crippen LogP contribution is 2.16. The van der Waals surface area contributed by atoms with E-state index in [1.807, 2.05) is 4.90 Å². The number of halogens is 1. The van der Waals surface area contributed by atoms with Crippen LogP contribution in [0.4, 0.5) is 0 Å². The van der Waals surface area contributed by atoms with E-state index in [0.717, 1.165) is 24.2 Å². The fourth-order valence-corrected chi connectivity index (χ4v) is 1.84. The van der Waals surface area contributed by atoms with Crippen molar-refractivity contribution in [2.75, 3.05) is 12.4 Å². The predicted octanol–water partition coefficient (Wildman–Crippen LogP) is 0.923. The maximum Gasteiger partial charge on any atom is 0.224 e. The van der Waals surface area contributed by atoms with Crippen LogP contribution in [0.5, 0.6) is 0 Å². The maximum absolute atomic E-state index is 11.5. The quantitative estimate of drug-likeness (QED) is 0.743. The molecule has 14 heavy (non-hydrogen) atoms. The van der Waals surface area contributed by atoms with E-state index in [1.165, 1.54) is 0 Å². The zero-order valence-electron chi connectivity index (χ0n) is 7.79. The first-order chi connectivity index (χ1) is 6.81. The second-order valence-electron chi connectivity index (χ2n) is 3.38. The van der Waals surface area contributed by atoms with Crippen LogP contribution in [0.1, 0.15) is 17.7 Å². The Morgan fingerprint density at radius 1 is 1.71 bits per heavy atom. The Labute approximate surface area is 87.2 Å². The summed E-state index contributed by atoms with van der Waals surface area (Å²) in [7, 11) is 0. The molecule has 1 aromatic rings. The normalized spacial score (nSPS) is 15.4. The molecule has 1 N–H and O–H groups in total. The van der Waals surface area contributed by atoms with Gasteiger partial charge >= 0.3 is 0 Å². The number of rotatable bonds is 2. The first kappa shape index (κ1) is 9.52. The highest BCUT2D eigenvalue weighted by molar-refractivity contribution is 6.18. The van der Waals surface area contributed by atoms with Gasteiger partial charge in [0.2, 0.25) is 5.91 Å². The largest absolute Gasteiger partial charge is 0.338 e. The van der Waals surface area contributed by atoms with Gasteiger partial charge in [0.05, 0.1) is 6.20 Å². The predicted molar refractivity (Wildman–Crippen MR) is 53.0 cm³/mol. The molecule has 2 rings (SSSR count). The number of aromatic nitrogens is 2. The average molecular weight is 214 g/mol. The Morgan fingerprint density at radius 2 is 2.57 bits per heavy atom. The summed E-state index contributed by atoms with van der Waals surface area (Å²) in [5.41, 5.74) is 2.28. The van der Waals surface area contributed by atoms with E-state index in [-0.39, 0.29) is 5.91 Å². The van der Waals surface area contributed by atoms with Crippen LogP contribution in [0, 0.1) is 0 Å². The standard InChI is InChI=1S/C9H12ClN3O/c10-3-1-9(14)13-4-2-8-7(6-13)5-11-12-8/h5H,1-4,6H2,(H,11,12). The summed E-state index contributed by atoms with van der Waals surface area (Å²) in [6.45, 7) is 1.44. The Balaban J connectivity index is 2.04. The van der Waals surface area contributed by atoms with Crippen LogP contribution in [0.3, 0.4) is 0 Å². The van der Waals surface area contributed by atoms with Crippen molar-refractivity contribution in [3.05, 3.63) is 17.5 Å².